The van der Waals surface area contributed by atoms with Crippen LogP contribution in [0.15, 0.2) is 85.1 Å². The fourth-order valence-electron chi connectivity index (χ4n) is 6.08. The molecule has 1 saturated carbocycles. The summed E-state index contributed by atoms with van der Waals surface area (Å²) < 4.78 is 13.4. The fraction of sp³-hybridized carbons (Fsp3) is 0.361. The van der Waals surface area contributed by atoms with Crippen LogP contribution < -0.4 is 20.1 Å². The number of nitrogens with one attached hydrogen (secondary N) is 2. The minimum absolute atomic E-state index is 0.0491. The first-order valence-corrected chi connectivity index (χ1v) is 16.1. The molecule has 1 atom stereocenters. The summed E-state index contributed by atoms with van der Waals surface area (Å²) in [6, 6.07) is 23.7. The van der Waals surface area contributed by atoms with E-state index in [4.69, 9.17) is 9.47 Å². The van der Waals surface area contributed by atoms with Crippen molar-refractivity contribution in [3.05, 3.63) is 107 Å². The molecule has 2 bridgehead atoms. The Morgan fingerprint density at radius 3 is 2.49 bits per heavy atom. The van der Waals surface area contributed by atoms with Crippen molar-refractivity contribution in [2.45, 2.75) is 50.1 Å². The Morgan fingerprint density at radius 1 is 0.979 bits per heavy atom. The Hall–Kier alpha value is -5.19. The van der Waals surface area contributed by atoms with Gasteiger partial charge in [0.05, 0.1) is 30.4 Å². The number of amides is 3. The van der Waals surface area contributed by atoms with Crippen LogP contribution in [0.1, 0.15) is 46.4 Å². The summed E-state index contributed by atoms with van der Waals surface area (Å²) in [5.74, 6) is -0.0169. The van der Waals surface area contributed by atoms with Crippen LogP contribution in [-0.2, 0) is 34.4 Å². The molecule has 0 radical (unpaired) electrons. The van der Waals surface area contributed by atoms with E-state index in [1.165, 1.54) is 7.11 Å². The second-order valence-corrected chi connectivity index (χ2v) is 12.0. The molecule has 0 spiro atoms. The Kier molecular flexibility index (Phi) is 9.80. The van der Waals surface area contributed by atoms with E-state index in [0.717, 1.165) is 29.7 Å². The lowest BCUT2D eigenvalue weighted by Gasteiger charge is -2.28. The second kappa shape index (κ2) is 14.5. The minimum Gasteiger partial charge on any atom is -0.493 e. The number of aryl methyl sites for hydroxylation is 1. The van der Waals surface area contributed by atoms with Crippen molar-refractivity contribution in [2.24, 2.45) is 0 Å². The summed E-state index contributed by atoms with van der Waals surface area (Å²) in [6.07, 6.45) is 4.87. The van der Waals surface area contributed by atoms with Crippen LogP contribution in [0.5, 0.6) is 11.5 Å². The molecule has 47 heavy (non-hydrogen) atoms. The zero-order chi connectivity index (χ0) is 32.6. The van der Waals surface area contributed by atoms with Gasteiger partial charge in [0.15, 0.2) is 11.5 Å². The van der Waals surface area contributed by atoms with Crippen molar-refractivity contribution in [2.75, 3.05) is 33.4 Å². The van der Waals surface area contributed by atoms with E-state index in [-0.39, 0.29) is 30.3 Å². The maximum absolute atomic E-state index is 14.1. The van der Waals surface area contributed by atoms with Gasteiger partial charge in [-0.15, -0.1) is 5.10 Å². The highest BCUT2D eigenvalue weighted by molar-refractivity contribution is 6.00. The van der Waals surface area contributed by atoms with E-state index in [1.54, 1.807) is 22.9 Å². The number of para-hydroxylation sites is 1. The van der Waals surface area contributed by atoms with Crippen molar-refractivity contribution < 1.29 is 23.9 Å². The predicted octanol–water partition coefficient (Wildman–Crippen LogP) is 3.33. The summed E-state index contributed by atoms with van der Waals surface area (Å²) in [5, 5.41) is 14.5. The van der Waals surface area contributed by atoms with Crippen LogP contribution in [0.2, 0.25) is 0 Å². The first-order valence-electron chi connectivity index (χ1n) is 16.1. The average molecular weight is 637 g/mol. The molecule has 11 nitrogen and oxygen atoms in total. The van der Waals surface area contributed by atoms with Gasteiger partial charge in [0.1, 0.15) is 6.04 Å². The van der Waals surface area contributed by atoms with Gasteiger partial charge in [-0.1, -0.05) is 71.9 Å². The zero-order valence-electron chi connectivity index (χ0n) is 26.6. The molecule has 0 unspecified atom stereocenters. The average Bonchev–Trinajstić information content (AvgIpc) is 3.80. The van der Waals surface area contributed by atoms with E-state index >= 15 is 0 Å². The highest BCUT2D eigenvalue weighted by Gasteiger charge is 2.52. The molecule has 2 aliphatic rings. The largest absolute Gasteiger partial charge is 0.493 e. The molecule has 0 saturated heterocycles. The van der Waals surface area contributed by atoms with Gasteiger partial charge in [-0.2, -0.15) is 0 Å². The van der Waals surface area contributed by atoms with Crippen molar-refractivity contribution >= 4 is 17.7 Å². The molecule has 1 aliphatic heterocycles. The first kappa shape index (κ1) is 31.8. The number of hydrogen-bond acceptors (Lipinski definition) is 7. The molecule has 3 aromatic carbocycles. The molecular formula is C36H40N6O5. The lowest BCUT2D eigenvalue weighted by atomic mass is 9.94. The summed E-state index contributed by atoms with van der Waals surface area (Å²) in [6.45, 7) is 1.82. The summed E-state index contributed by atoms with van der Waals surface area (Å²) in [5.41, 5.74) is 2.41. The molecule has 2 heterocycles. The molecule has 1 fully saturated rings. The number of aromatic nitrogens is 3. The molecule has 1 aliphatic carbocycles. The van der Waals surface area contributed by atoms with Crippen molar-refractivity contribution in [3.63, 3.8) is 0 Å². The van der Waals surface area contributed by atoms with Crippen LogP contribution in [-0.4, -0.2) is 77.0 Å². The first-order chi connectivity index (χ1) is 23.0. The Bertz CT molecular complexity index is 1690. The van der Waals surface area contributed by atoms with Gasteiger partial charge >= 0.3 is 0 Å². The predicted molar refractivity (Wildman–Crippen MR) is 175 cm³/mol. The highest BCUT2D eigenvalue weighted by Crippen LogP contribution is 2.49. The quantitative estimate of drug-likeness (QED) is 0.344. The molecular weight excluding hydrogens is 596 g/mol. The molecule has 4 aromatic rings. The SMILES string of the molecule is COc1cccc2c1OCCCn1cc(nn1)CCN(C(=O)C1(c3ccccc3)CC1)CCNC(=O)[C@H](Cc1ccccc1)NC2=O. The number of rotatable bonds is 5. The van der Waals surface area contributed by atoms with Crippen molar-refractivity contribution in [1.82, 2.24) is 30.5 Å². The molecule has 11 heteroatoms. The van der Waals surface area contributed by atoms with Crippen LogP contribution in [0.25, 0.3) is 0 Å². The normalized spacial score (nSPS) is 18.7. The van der Waals surface area contributed by atoms with Gasteiger partial charge in [0.25, 0.3) is 5.91 Å². The lowest BCUT2D eigenvalue weighted by Crippen LogP contribution is -2.50. The van der Waals surface area contributed by atoms with E-state index in [0.29, 0.717) is 50.6 Å². The number of methoxy groups -OCH3 is 1. The van der Waals surface area contributed by atoms with Gasteiger partial charge in [-0.3, -0.25) is 19.1 Å². The third-order valence-corrected chi connectivity index (χ3v) is 8.80. The van der Waals surface area contributed by atoms with E-state index in [2.05, 4.69) is 20.9 Å². The molecule has 1 aromatic heterocycles. The maximum Gasteiger partial charge on any atom is 0.255 e. The fourth-order valence-corrected chi connectivity index (χ4v) is 6.08. The Balaban J connectivity index is 1.27. The third-order valence-electron chi connectivity index (χ3n) is 8.80. The third kappa shape index (κ3) is 7.45. The van der Waals surface area contributed by atoms with Crippen molar-refractivity contribution in [3.8, 4) is 11.5 Å². The van der Waals surface area contributed by atoms with Gasteiger partial charge < -0.3 is 25.0 Å². The lowest BCUT2D eigenvalue weighted by molar-refractivity contribution is -0.134. The van der Waals surface area contributed by atoms with Gasteiger partial charge in [0.2, 0.25) is 11.8 Å². The summed E-state index contributed by atoms with van der Waals surface area (Å²) >= 11 is 0. The number of carbonyl (C=O) groups excluding carboxylic acids is 3. The molecule has 6 rings (SSSR count). The number of hydrogen-bond donors (Lipinski definition) is 2. The Labute approximate surface area is 274 Å². The number of nitrogens with zero attached hydrogens (tertiary/aromatic N) is 4. The Morgan fingerprint density at radius 2 is 1.74 bits per heavy atom. The summed E-state index contributed by atoms with van der Waals surface area (Å²) in [4.78, 5) is 43.4. The topological polar surface area (TPSA) is 128 Å². The minimum atomic E-state index is -0.872. The second-order valence-electron chi connectivity index (χ2n) is 12.0. The molecule has 3 amide bonds. The van der Waals surface area contributed by atoms with E-state index in [1.807, 2.05) is 71.8 Å². The summed E-state index contributed by atoms with van der Waals surface area (Å²) in [7, 11) is 1.52. The van der Waals surface area contributed by atoms with Gasteiger partial charge in [-0.25, -0.2) is 0 Å². The van der Waals surface area contributed by atoms with Crippen LogP contribution >= 0.6 is 0 Å². The number of fused-ring (bicyclic) bond motifs is 3. The van der Waals surface area contributed by atoms with Crippen LogP contribution in [0.4, 0.5) is 0 Å². The maximum atomic E-state index is 14.1. The van der Waals surface area contributed by atoms with Gasteiger partial charge in [0, 0.05) is 51.6 Å². The number of benzene rings is 3. The van der Waals surface area contributed by atoms with Crippen molar-refractivity contribution in [1.29, 1.82) is 0 Å². The monoisotopic (exact) mass is 636 g/mol. The van der Waals surface area contributed by atoms with Crippen LogP contribution in [0, 0.1) is 0 Å². The van der Waals surface area contributed by atoms with Gasteiger partial charge in [-0.05, 0) is 36.1 Å². The highest BCUT2D eigenvalue weighted by atomic mass is 16.5. The van der Waals surface area contributed by atoms with Crippen LogP contribution in [0.3, 0.4) is 0 Å². The van der Waals surface area contributed by atoms with E-state index in [9.17, 15) is 14.4 Å². The molecule has 2 N–H and O–H groups in total. The smallest absolute Gasteiger partial charge is 0.255 e. The number of ether oxygens (including phenoxy) is 2. The number of carbonyl (C=O) groups is 3. The standard InChI is InChI=1S/C36H40N6O5/c1-46-31-15-8-14-29-32(31)47-23-9-20-42-25-28(39-40-42)16-21-41(35(45)36(17-18-36)27-12-6-3-7-13-27)22-19-37-34(44)30(38-33(29)43)24-26-10-4-2-5-11-26/h2-8,10-15,25,30H,9,16-24H2,1H3,(H,37,44)(H,38,43)/t30-/m0/s1. The molecule has 244 valence electrons. The van der Waals surface area contributed by atoms with E-state index < -0.39 is 17.4 Å². The zero-order valence-corrected chi connectivity index (χ0v) is 26.6.